The average Bonchev–Trinajstić information content (AvgIpc) is 2.29. The smallest absolute Gasteiger partial charge is 0.224 e. The molecule has 90 valence electrons. The van der Waals surface area contributed by atoms with E-state index in [0.29, 0.717) is 23.6 Å². The molecule has 1 aromatic rings. The van der Waals surface area contributed by atoms with E-state index >= 15 is 0 Å². The number of nitrogens with one attached hydrogen (secondary N) is 1. The second kappa shape index (κ2) is 6.05. The van der Waals surface area contributed by atoms with Crippen LogP contribution in [0.2, 0.25) is 0 Å². The van der Waals surface area contributed by atoms with Gasteiger partial charge in [0.15, 0.2) is 0 Å². The fraction of sp³-hybridized carbons (Fsp3) is 0.429. The lowest BCUT2D eigenvalue weighted by molar-refractivity contribution is -0.117. The van der Waals surface area contributed by atoms with E-state index in [-0.39, 0.29) is 5.91 Å². The quantitative estimate of drug-likeness (QED) is 0.863. The molecule has 1 N–H and O–H groups in total. The molecule has 0 fully saturated rings. The van der Waals surface area contributed by atoms with Gasteiger partial charge < -0.3 is 5.32 Å². The molecule has 0 spiro atoms. The third-order valence-corrected chi connectivity index (χ3v) is 2.89. The number of hydrogen-bond donors (Lipinski definition) is 1. The van der Waals surface area contributed by atoms with E-state index in [1.807, 2.05) is 26.0 Å². The molecule has 3 nitrogen and oxygen atoms in total. The van der Waals surface area contributed by atoms with Crippen LogP contribution in [0.5, 0.6) is 0 Å². The van der Waals surface area contributed by atoms with E-state index in [4.69, 9.17) is 5.26 Å². The fourth-order valence-electron chi connectivity index (χ4n) is 1.58. The minimum Gasteiger partial charge on any atom is -0.325 e. The molecule has 1 aromatic carbocycles. The van der Waals surface area contributed by atoms with Crippen molar-refractivity contribution in [1.29, 1.82) is 5.26 Å². The lowest BCUT2D eigenvalue weighted by Crippen LogP contribution is -2.15. The van der Waals surface area contributed by atoms with Gasteiger partial charge in [-0.25, -0.2) is 0 Å². The first-order chi connectivity index (χ1) is 8.08. The van der Waals surface area contributed by atoms with Crippen LogP contribution in [0.1, 0.15) is 37.8 Å². The summed E-state index contributed by atoms with van der Waals surface area (Å²) in [5.74, 6) is 0.340. The topological polar surface area (TPSA) is 52.9 Å². The Labute approximate surface area is 102 Å². The number of carbonyl (C=O) groups is 1. The molecule has 0 bridgehead atoms. The summed E-state index contributed by atoms with van der Waals surface area (Å²) in [4.78, 5) is 11.7. The zero-order chi connectivity index (χ0) is 12.8. The van der Waals surface area contributed by atoms with Gasteiger partial charge in [0.2, 0.25) is 5.91 Å². The van der Waals surface area contributed by atoms with Crippen molar-refractivity contribution in [2.75, 3.05) is 5.32 Å². The number of nitrogens with zero attached hydrogens (tertiary/aromatic N) is 1. The average molecular weight is 230 g/mol. The van der Waals surface area contributed by atoms with E-state index in [1.54, 1.807) is 6.07 Å². The second-order valence-corrected chi connectivity index (χ2v) is 4.37. The summed E-state index contributed by atoms with van der Waals surface area (Å²) < 4.78 is 0. The lowest BCUT2D eigenvalue weighted by atomic mass is 10.0. The molecule has 0 heterocycles. The number of carbonyl (C=O) groups excluding carboxylic acids is 1. The van der Waals surface area contributed by atoms with Gasteiger partial charge in [0.25, 0.3) is 0 Å². The maximum atomic E-state index is 11.7. The highest BCUT2D eigenvalue weighted by molar-refractivity contribution is 5.92. The van der Waals surface area contributed by atoms with Crippen molar-refractivity contribution in [3.63, 3.8) is 0 Å². The van der Waals surface area contributed by atoms with Gasteiger partial charge in [-0.1, -0.05) is 32.4 Å². The Kier molecular flexibility index (Phi) is 4.71. The van der Waals surface area contributed by atoms with Crippen molar-refractivity contribution in [3.05, 3.63) is 29.3 Å². The van der Waals surface area contributed by atoms with Crippen molar-refractivity contribution < 1.29 is 4.79 Å². The molecule has 0 saturated heterocycles. The maximum absolute atomic E-state index is 11.7. The van der Waals surface area contributed by atoms with Gasteiger partial charge in [-0.3, -0.25) is 4.79 Å². The molecule has 1 unspecified atom stereocenters. The molecule has 1 amide bonds. The molecule has 0 radical (unpaired) electrons. The number of amides is 1. The van der Waals surface area contributed by atoms with Gasteiger partial charge >= 0.3 is 0 Å². The molecule has 3 heteroatoms. The first-order valence-corrected chi connectivity index (χ1v) is 5.88. The zero-order valence-electron chi connectivity index (χ0n) is 10.6. The maximum Gasteiger partial charge on any atom is 0.224 e. The van der Waals surface area contributed by atoms with Crippen molar-refractivity contribution in [1.82, 2.24) is 0 Å². The van der Waals surface area contributed by atoms with Crippen LogP contribution in [0.25, 0.3) is 0 Å². The van der Waals surface area contributed by atoms with Crippen LogP contribution in [0.3, 0.4) is 0 Å². The number of benzene rings is 1. The molecule has 1 atom stereocenters. The summed E-state index contributed by atoms with van der Waals surface area (Å²) in [6, 6.07) is 7.59. The van der Waals surface area contributed by atoms with Crippen molar-refractivity contribution in [2.24, 2.45) is 5.92 Å². The molecule has 0 aliphatic heterocycles. The zero-order valence-corrected chi connectivity index (χ0v) is 10.6. The Morgan fingerprint density at radius 1 is 1.53 bits per heavy atom. The largest absolute Gasteiger partial charge is 0.325 e. The number of anilines is 1. The van der Waals surface area contributed by atoms with Gasteiger partial charge in [0, 0.05) is 6.42 Å². The Morgan fingerprint density at radius 3 is 2.82 bits per heavy atom. The van der Waals surface area contributed by atoms with Crippen LogP contribution in [-0.2, 0) is 4.79 Å². The normalized spacial score (nSPS) is 11.6. The molecule has 0 aliphatic rings. The Morgan fingerprint density at radius 2 is 2.24 bits per heavy atom. The van der Waals surface area contributed by atoms with Gasteiger partial charge in [-0.2, -0.15) is 5.26 Å². The molecule has 0 aliphatic carbocycles. The number of rotatable bonds is 4. The van der Waals surface area contributed by atoms with Gasteiger partial charge in [0.1, 0.15) is 6.07 Å². The summed E-state index contributed by atoms with van der Waals surface area (Å²) in [5.41, 5.74) is 2.04. The van der Waals surface area contributed by atoms with E-state index < -0.39 is 0 Å². The Bertz CT molecular complexity index is 446. The van der Waals surface area contributed by atoms with Crippen LogP contribution < -0.4 is 5.32 Å². The van der Waals surface area contributed by atoms with Gasteiger partial charge in [-0.05, 0) is 24.5 Å². The number of nitriles is 1. The van der Waals surface area contributed by atoms with E-state index in [9.17, 15) is 4.79 Å². The molecule has 1 rings (SSSR count). The highest BCUT2D eigenvalue weighted by Crippen LogP contribution is 2.19. The second-order valence-electron chi connectivity index (χ2n) is 4.37. The van der Waals surface area contributed by atoms with E-state index in [2.05, 4.69) is 18.3 Å². The highest BCUT2D eigenvalue weighted by Gasteiger charge is 2.10. The molecular formula is C14H18N2O. The van der Waals surface area contributed by atoms with Crippen LogP contribution in [0, 0.1) is 24.2 Å². The fourth-order valence-corrected chi connectivity index (χ4v) is 1.58. The standard InChI is InChI=1S/C14H18N2O/c1-4-10(2)8-14(17)16-13-7-5-6-11(3)12(13)9-15/h5-7,10H,4,8H2,1-3H3,(H,16,17). The predicted octanol–water partition coefficient (Wildman–Crippen LogP) is 3.24. The van der Waals surface area contributed by atoms with Gasteiger partial charge in [0.05, 0.1) is 11.3 Å². The first kappa shape index (κ1) is 13.2. The summed E-state index contributed by atoms with van der Waals surface area (Å²) in [5, 5.41) is 11.8. The SMILES string of the molecule is CCC(C)CC(=O)Nc1cccc(C)c1C#N. The predicted molar refractivity (Wildman–Crippen MR) is 68.6 cm³/mol. The third-order valence-electron chi connectivity index (χ3n) is 2.89. The van der Waals surface area contributed by atoms with Crippen molar-refractivity contribution >= 4 is 11.6 Å². The monoisotopic (exact) mass is 230 g/mol. The van der Waals surface area contributed by atoms with Crippen LogP contribution in [0.15, 0.2) is 18.2 Å². The lowest BCUT2D eigenvalue weighted by Gasteiger charge is -2.11. The summed E-state index contributed by atoms with van der Waals surface area (Å²) in [6.45, 7) is 5.97. The first-order valence-electron chi connectivity index (χ1n) is 5.88. The van der Waals surface area contributed by atoms with E-state index in [0.717, 1.165) is 12.0 Å². The minimum absolute atomic E-state index is 0.0264. The van der Waals surface area contributed by atoms with Crippen LogP contribution in [-0.4, -0.2) is 5.91 Å². The van der Waals surface area contributed by atoms with Crippen LogP contribution >= 0.6 is 0 Å². The van der Waals surface area contributed by atoms with Crippen LogP contribution in [0.4, 0.5) is 5.69 Å². The van der Waals surface area contributed by atoms with Crippen molar-refractivity contribution in [2.45, 2.75) is 33.6 Å². The Hall–Kier alpha value is -1.82. The number of aryl methyl sites for hydroxylation is 1. The molecule has 0 aromatic heterocycles. The number of hydrogen-bond acceptors (Lipinski definition) is 2. The Balaban J connectivity index is 2.79. The summed E-state index contributed by atoms with van der Waals surface area (Å²) >= 11 is 0. The third kappa shape index (κ3) is 3.60. The van der Waals surface area contributed by atoms with Gasteiger partial charge in [-0.15, -0.1) is 0 Å². The van der Waals surface area contributed by atoms with E-state index in [1.165, 1.54) is 0 Å². The highest BCUT2D eigenvalue weighted by atomic mass is 16.1. The molecular weight excluding hydrogens is 212 g/mol. The minimum atomic E-state index is -0.0264. The summed E-state index contributed by atoms with van der Waals surface area (Å²) in [6.07, 6.45) is 1.47. The molecule has 0 saturated carbocycles. The summed E-state index contributed by atoms with van der Waals surface area (Å²) in [7, 11) is 0. The van der Waals surface area contributed by atoms with Crippen molar-refractivity contribution in [3.8, 4) is 6.07 Å². The molecule has 17 heavy (non-hydrogen) atoms.